The zero-order chi connectivity index (χ0) is 21.5. The van der Waals surface area contributed by atoms with Gasteiger partial charge in [-0.3, -0.25) is 4.79 Å². The van der Waals surface area contributed by atoms with Crippen LogP contribution in [-0.4, -0.2) is 35.5 Å². The first-order chi connectivity index (χ1) is 14.3. The third-order valence-corrected chi connectivity index (χ3v) is 6.57. The van der Waals surface area contributed by atoms with Crippen molar-refractivity contribution in [3.05, 3.63) is 41.0 Å². The summed E-state index contributed by atoms with van der Waals surface area (Å²) in [5, 5.41) is 4.13. The highest BCUT2D eigenvalue weighted by molar-refractivity contribution is 6.30. The Balaban J connectivity index is 1.68. The molecular formula is C23H30ClN5O. The van der Waals surface area contributed by atoms with Crippen LogP contribution in [0.3, 0.4) is 0 Å². The lowest BCUT2D eigenvalue weighted by molar-refractivity contribution is -0.125. The number of hydrogen-bond acceptors (Lipinski definition) is 5. The number of halogens is 1. The number of carbonyl (C=O) groups excluding carboxylic acids is 1. The fourth-order valence-electron chi connectivity index (χ4n) is 4.56. The summed E-state index contributed by atoms with van der Waals surface area (Å²) in [4.78, 5) is 26.6. The smallest absolute Gasteiger partial charge is 0.234 e. The van der Waals surface area contributed by atoms with Crippen LogP contribution in [0.1, 0.15) is 58.1 Å². The molecule has 30 heavy (non-hydrogen) atoms. The summed E-state index contributed by atoms with van der Waals surface area (Å²) < 4.78 is 0. The molecule has 1 aromatic carbocycles. The normalized spacial score (nSPS) is 20.1. The molecule has 1 aromatic heterocycles. The zero-order valence-corrected chi connectivity index (χ0v) is 18.9. The second-order valence-electron chi connectivity index (χ2n) is 9.13. The lowest BCUT2D eigenvalue weighted by atomic mass is 9.91. The molecule has 2 heterocycles. The van der Waals surface area contributed by atoms with E-state index in [1.165, 1.54) is 12.8 Å². The van der Waals surface area contributed by atoms with Crippen molar-refractivity contribution < 1.29 is 4.79 Å². The molecule has 2 aromatic rings. The first kappa shape index (κ1) is 20.9. The second-order valence-corrected chi connectivity index (χ2v) is 9.57. The molecular weight excluding hydrogens is 398 g/mol. The highest BCUT2D eigenvalue weighted by atomic mass is 35.5. The maximum atomic E-state index is 13.1. The van der Waals surface area contributed by atoms with Gasteiger partial charge < -0.3 is 15.1 Å². The van der Waals surface area contributed by atoms with Gasteiger partial charge in [0.15, 0.2) is 5.82 Å². The predicted molar refractivity (Wildman–Crippen MR) is 122 cm³/mol. The topological polar surface area (TPSA) is 61.4 Å². The van der Waals surface area contributed by atoms with Crippen molar-refractivity contribution >= 4 is 35.0 Å². The van der Waals surface area contributed by atoms with Crippen LogP contribution in [0.2, 0.25) is 5.02 Å². The van der Waals surface area contributed by atoms with Crippen LogP contribution >= 0.6 is 11.6 Å². The number of nitrogens with one attached hydrogen (secondary N) is 1. The van der Waals surface area contributed by atoms with E-state index in [4.69, 9.17) is 16.6 Å². The monoisotopic (exact) mass is 427 g/mol. The molecule has 1 saturated carbocycles. The summed E-state index contributed by atoms with van der Waals surface area (Å²) >= 11 is 6.02. The van der Waals surface area contributed by atoms with E-state index >= 15 is 0 Å². The maximum absolute atomic E-state index is 13.1. The Bertz CT molecular complexity index is 924. The average Bonchev–Trinajstić information content (AvgIpc) is 3.24. The number of nitrogens with zero attached hydrogens (tertiary/aromatic N) is 4. The van der Waals surface area contributed by atoms with Gasteiger partial charge in [0, 0.05) is 24.7 Å². The van der Waals surface area contributed by atoms with Gasteiger partial charge in [0.2, 0.25) is 11.9 Å². The third-order valence-electron chi connectivity index (χ3n) is 6.31. The molecule has 160 valence electrons. The van der Waals surface area contributed by atoms with Crippen LogP contribution in [0.15, 0.2) is 30.5 Å². The molecule has 1 unspecified atom stereocenters. The molecule has 0 bridgehead atoms. The SMILES string of the molecule is CC(Nc1ncc2c(n1)N(C1CCCC1)CC(C)(C)C(=O)N2C)c1ccc(Cl)cc1. The minimum Gasteiger partial charge on any atom is -0.351 e. The molecule has 0 saturated heterocycles. The van der Waals surface area contributed by atoms with Gasteiger partial charge in [-0.1, -0.05) is 36.6 Å². The van der Waals surface area contributed by atoms with Crippen LogP contribution < -0.4 is 15.1 Å². The van der Waals surface area contributed by atoms with Crippen LogP contribution in [0.4, 0.5) is 17.5 Å². The Morgan fingerprint density at radius 3 is 2.53 bits per heavy atom. The summed E-state index contributed by atoms with van der Waals surface area (Å²) in [7, 11) is 1.83. The van der Waals surface area contributed by atoms with Crippen LogP contribution in [0.5, 0.6) is 0 Å². The molecule has 7 heteroatoms. The number of aromatic nitrogens is 2. The van der Waals surface area contributed by atoms with E-state index < -0.39 is 5.41 Å². The molecule has 1 aliphatic carbocycles. The summed E-state index contributed by atoms with van der Waals surface area (Å²) in [6.07, 6.45) is 6.51. The van der Waals surface area contributed by atoms with Gasteiger partial charge in [-0.15, -0.1) is 0 Å². The molecule has 1 N–H and O–H groups in total. The zero-order valence-electron chi connectivity index (χ0n) is 18.2. The lowest BCUT2D eigenvalue weighted by Gasteiger charge is -2.34. The summed E-state index contributed by atoms with van der Waals surface area (Å²) in [6.45, 7) is 6.78. The van der Waals surface area contributed by atoms with E-state index in [1.807, 2.05) is 45.2 Å². The minimum absolute atomic E-state index is 0.0295. The summed E-state index contributed by atoms with van der Waals surface area (Å²) in [5.74, 6) is 1.52. The van der Waals surface area contributed by atoms with Crippen molar-refractivity contribution in [3.63, 3.8) is 0 Å². The number of hydrogen-bond donors (Lipinski definition) is 1. The first-order valence-electron chi connectivity index (χ1n) is 10.7. The van der Waals surface area contributed by atoms with Gasteiger partial charge in [-0.05, 0) is 51.3 Å². The van der Waals surface area contributed by atoms with Gasteiger partial charge in [-0.25, -0.2) is 4.98 Å². The molecule has 0 spiro atoms. The lowest BCUT2D eigenvalue weighted by Crippen LogP contribution is -2.45. The molecule has 4 rings (SSSR count). The standard InChI is InChI=1S/C23H30ClN5O/c1-15(16-9-11-17(24)12-10-16)26-22-25-13-19-20(27-22)29(18-7-5-6-8-18)14-23(2,3)21(30)28(19)4/h9-13,15,18H,5-8,14H2,1-4H3,(H,25,26,27). The van der Waals surface area contributed by atoms with E-state index in [9.17, 15) is 4.79 Å². The van der Waals surface area contributed by atoms with E-state index in [0.29, 0.717) is 18.5 Å². The van der Waals surface area contributed by atoms with Gasteiger partial charge >= 0.3 is 0 Å². The van der Waals surface area contributed by atoms with Crippen molar-refractivity contribution in [1.82, 2.24) is 9.97 Å². The molecule has 1 fully saturated rings. The number of anilines is 3. The van der Waals surface area contributed by atoms with Crippen molar-refractivity contribution in [3.8, 4) is 0 Å². The number of rotatable bonds is 4. The molecule has 0 radical (unpaired) electrons. The van der Waals surface area contributed by atoms with Crippen molar-refractivity contribution in [2.75, 3.05) is 28.7 Å². The van der Waals surface area contributed by atoms with Crippen LogP contribution in [0, 0.1) is 5.41 Å². The highest BCUT2D eigenvalue weighted by Crippen LogP contribution is 2.40. The van der Waals surface area contributed by atoms with Crippen molar-refractivity contribution in [2.45, 2.75) is 58.5 Å². The number of carbonyl (C=O) groups is 1. The predicted octanol–water partition coefficient (Wildman–Crippen LogP) is 5.05. The van der Waals surface area contributed by atoms with Crippen molar-refractivity contribution in [2.24, 2.45) is 5.41 Å². The second kappa shape index (κ2) is 8.06. The molecule has 1 amide bonds. The Labute approximate surface area is 183 Å². The van der Waals surface area contributed by atoms with E-state index in [0.717, 1.165) is 34.9 Å². The van der Waals surface area contributed by atoms with Gasteiger partial charge in [0.1, 0.15) is 5.69 Å². The summed E-state index contributed by atoms with van der Waals surface area (Å²) in [6, 6.07) is 8.22. The van der Waals surface area contributed by atoms with Crippen LogP contribution in [0.25, 0.3) is 0 Å². The Hall–Kier alpha value is -2.34. The first-order valence-corrected chi connectivity index (χ1v) is 11.1. The molecule has 1 aliphatic heterocycles. The van der Waals surface area contributed by atoms with Gasteiger partial charge in [-0.2, -0.15) is 4.98 Å². The number of fused-ring (bicyclic) bond motifs is 1. The fraction of sp³-hybridized carbons (Fsp3) is 0.522. The molecule has 6 nitrogen and oxygen atoms in total. The van der Waals surface area contributed by atoms with E-state index in [1.54, 1.807) is 11.1 Å². The van der Waals surface area contributed by atoms with E-state index in [-0.39, 0.29) is 11.9 Å². The Morgan fingerprint density at radius 1 is 1.20 bits per heavy atom. The van der Waals surface area contributed by atoms with Crippen molar-refractivity contribution in [1.29, 1.82) is 0 Å². The summed E-state index contributed by atoms with van der Waals surface area (Å²) in [5.41, 5.74) is 1.41. The number of benzene rings is 1. The fourth-order valence-corrected chi connectivity index (χ4v) is 4.69. The molecule has 2 aliphatic rings. The number of amides is 1. The average molecular weight is 428 g/mol. The van der Waals surface area contributed by atoms with Gasteiger partial charge in [0.05, 0.1) is 17.7 Å². The Kier molecular flexibility index (Phi) is 5.62. The molecule has 1 atom stereocenters. The van der Waals surface area contributed by atoms with Gasteiger partial charge in [0.25, 0.3) is 0 Å². The quantitative estimate of drug-likeness (QED) is 0.739. The third kappa shape index (κ3) is 3.97. The minimum atomic E-state index is -0.484. The van der Waals surface area contributed by atoms with E-state index in [2.05, 4.69) is 22.1 Å². The largest absolute Gasteiger partial charge is 0.351 e. The highest BCUT2D eigenvalue weighted by Gasteiger charge is 2.41. The maximum Gasteiger partial charge on any atom is 0.234 e. The Morgan fingerprint density at radius 2 is 1.87 bits per heavy atom. The van der Waals surface area contributed by atoms with Crippen LogP contribution in [-0.2, 0) is 4.79 Å².